The van der Waals surface area contributed by atoms with Crippen molar-refractivity contribution < 1.29 is 9.59 Å². The number of hydrogen-bond acceptors (Lipinski definition) is 2. The fourth-order valence-corrected chi connectivity index (χ4v) is 2.71. The van der Waals surface area contributed by atoms with Gasteiger partial charge in [0.25, 0.3) is 5.91 Å². The zero-order valence-electron chi connectivity index (χ0n) is 15.6. The number of benzene rings is 2. The molecule has 0 bridgehead atoms. The highest BCUT2D eigenvalue weighted by Gasteiger charge is 2.11. The Morgan fingerprint density at radius 3 is 2.31 bits per heavy atom. The SMILES string of the molecule is CCCCNC(=O)c1ccc(CNC(=O)CC(C)c2ccccc2)cc1. The Morgan fingerprint density at radius 2 is 1.65 bits per heavy atom. The van der Waals surface area contributed by atoms with Crippen molar-refractivity contribution in [2.24, 2.45) is 0 Å². The summed E-state index contributed by atoms with van der Waals surface area (Å²) in [5.74, 6) is 0.166. The first-order valence-corrected chi connectivity index (χ1v) is 9.29. The standard InChI is InChI=1S/C22H28N2O2/c1-3-4-14-23-22(26)20-12-10-18(11-13-20)16-24-21(25)15-17(2)19-8-6-5-7-9-19/h5-13,17H,3-4,14-16H2,1-2H3,(H,23,26)(H,24,25). The Morgan fingerprint density at radius 1 is 0.962 bits per heavy atom. The van der Waals surface area contributed by atoms with Crippen LogP contribution >= 0.6 is 0 Å². The number of hydrogen-bond donors (Lipinski definition) is 2. The highest BCUT2D eigenvalue weighted by molar-refractivity contribution is 5.94. The van der Waals surface area contributed by atoms with Gasteiger partial charge in [-0.05, 0) is 35.6 Å². The summed E-state index contributed by atoms with van der Waals surface area (Å²) in [6, 6.07) is 17.4. The first-order chi connectivity index (χ1) is 12.6. The van der Waals surface area contributed by atoms with Crippen LogP contribution in [-0.4, -0.2) is 18.4 Å². The molecule has 2 amide bonds. The van der Waals surface area contributed by atoms with Crippen molar-refractivity contribution in [3.05, 3.63) is 71.3 Å². The van der Waals surface area contributed by atoms with Crippen LogP contribution in [0.25, 0.3) is 0 Å². The van der Waals surface area contributed by atoms with E-state index in [1.165, 1.54) is 5.56 Å². The van der Waals surface area contributed by atoms with Gasteiger partial charge in [-0.25, -0.2) is 0 Å². The van der Waals surface area contributed by atoms with Crippen molar-refractivity contribution in [1.29, 1.82) is 0 Å². The molecule has 4 heteroatoms. The van der Waals surface area contributed by atoms with E-state index in [4.69, 9.17) is 0 Å². The number of carbonyl (C=O) groups is 2. The molecule has 0 aliphatic heterocycles. The van der Waals surface area contributed by atoms with Crippen LogP contribution in [0.4, 0.5) is 0 Å². The van der Waals surface area contributed by atoms with E-state index in [0.29, 0.717) is 25.1 Å². The molecule has 0 spiro atoms. The zero-order valence-corrected chi connectivity index (χ0v) is 15.6. The summed E-state index contributed by atoms with van der Waals surface area (Å²) in [6.45, 7) is 5.32. The Kier molecular flexibility index (Phi) is 7.87. The first-order valence-electron chi connectivity index (χ1n) is 9.29. The average Bonchev–Trinajstić information content (AvgIpc) is 2.67. The van der Waals surface area contributed by atoms with Crippen molar-refractivity contribution in [2.75, 3.05) is 6.54 Å². The van der Waals surface area contributed by atoms with Gasteiger partial charge < -0.3 is 10.6 Å². The minimum Gasteiger partial charge on any atom is -0.352 e. The fraction of sp³-hybridized carbons (Fsp3) is 0.364. The summed E-state index contributed by atoms with van der Waals surface area (Å²) in [5, 5.41) is 5.85. The van der Waals surface area contributed by atoms with Crippen molar-refractivity contribution in [3.63, 3.8) is 0 Å². The molecule has 0 radical (unpaired) electrons. The molecule has 2 rings (SSSR count). The third kappa shape index (κ3) is 6.36. The van der Waals surface area contributed by atoms with Crippen LogP contribution in [-0.2, 0) is 11.3 Å². The van der Waals surface area contributed by atoms with Crippen molar-refractivity contribution in [2.45, 2.75) is 45.6 Å². The molecular weight excluding hydrogens is 324 g/mol. The largest absolute Gasteiger partial charge is 0.352 e. The molecule has 0 aromatic heterocycles. The van der Waals surface area contributed by atoms with Gasteiger partial charge >= 0.3 is 0 Å². The molecular formula is C22H28N2O2. The van der Waals surface area contributed by atoms with Crippen molar-refractivity contribution in [1.82, 2.24) is 10.6 Å². The van der Waals surface area contributed by atoms with E-state index >= 15 is 0 Å². The molecule has 4 nitrogen and oxygen atoms in total. The smallest absolute Gasteiger partial charge is 0.251 e. The van der Waals surface area contributed by atoms with Gasteiger partial charge in [-0.1, -0.05) is 62.7 Å². The predicted molar refractivity (Wildman–Crippen MR) is 105 cm³/mol. The molecule has 0 fully saturated rings. The Bertz CT molecular complexity index is 696. The number of unbranched alkanes of at least 4 members (excludes halogenated alkanes) is 1. The molecule has 1 unspecified atom stereocenters. The molecule has 0 aliphatic carbocycles. The lowest BCUT2D eigenvalue weighted by Gasteiger charge is -2.12. The second-order valence-corrected chi connectivity index (χ2v) is 6.60. The number of carbonyl (C=O) groups excluding carboxylic acids is 2. The van der Waals surface area contributed by atoms with Gasteiger partial charge in [0.1, 0.15) is 0 Å². The lowest BCUT2D eigenvalue weighted by Crippen LogP contribution is -2.25. The van der Waals surface area contributed by atoms with E-state index < -0.39 is 0 Å². The Hall–Kier alpha value is -2.62. The number of rotatable bonds is 9. The van der Waals surface area contributed by atoms with Crippen LogP contribution in [0.1, 0.15) is 60.5 Å². The van der Waals surface area contributed by atoms with E-state index in [2.05, 4.69) is 24.5 Å². The third-order valence-electron chi connectivity index (χ3n) is 4.38. The van der Waals surface area contributed by atoms with Crippen LogP contribution in [0.15, 0.2) is 54.6 Å². The fourth-order valence-electron chi connectivity index (χ4n) is 2.71. The monoisotopic (exact) mass is 352 g/mol. The van der Waals surface area contributed by atoms with Crippen LogP contribution in [0.2, 0.25) is 0 Å². The summed E-state index contributed by atoms with van der Waals surface area (Å²) in [5.41, 5.74) is 2.80. The lowest BCUT2D eigenvalue weighted by molar-refractivity contribution is -0.121. The van der Waals surface area contributed by atoms with Crippen LogP contribution < -0.4 is 10.6 Å². The lowest BCUT2D eigenvalue weighted by atomic mass is 9.97. The Balaban J connectivity index is 1.78. The van der Waals surface area contributed by atoms with Gasteiger partial charge in [0.05, 0.1) is 0 Å². The van der Waals surface area contributed by atoms with E-state index in [-0.39, 0.29) is 17.7 Å². The van der Waals surface area contributed by atoms with Gasteiger partial charge in [0.15, 0.2) is 0 Å². The summed E-state index contributed by atoms with van der Waals surface area (Å²) < 4.78 is 0. The maximum atomic E-state index is 12.1. The van der Waals surface area contributed by atoms with Gasteiger partial charge in [-0.15, -0.1) is 0 Å². The first kappa shape index (κ1) is 19.7. The van der Waals surface area contributed by atoms with E-state index in [0.717, 1.165) is 18.4 Å². The molecule has 1 atom stereocenters. The normalized spacial score (nSPS) is 11.6. The molecule has 2 N–H and O–H groups in total. The predicted octanol–water partition coefficient (Wildman–Crippen LogP) is 4.03. The average molecular weight is 352 g/mol. The van der Waals surface area contributed by atoms with E-state index in [1.807, 2.05) is 42.5 Å². The Labute approximate surface area is 156 Å². The van der Waals surface area contributed by atoms with Crippen LogP contribution in [0.5, 0.6) is 0 Å². The molecule has 0 saturated carbocycles. The minimum atomic E-state index is -0.0503. The van der Waals surface area contributed by atoms with Gasteiger partial charge in [0.2, 0.25) is 5.91 Å². The number of nitrogens with one attached hydrogen (secondary N) is 2. The minimum absolute atomic E-state index is 0.0303. The van der Waals surface area contributed by atoms with Gasteiger partial charge in [-0.2, -0.15) is 0 Å². The van der Waals surface area contributed by atoms with Crippen LogP contribution in [0.3, 0.4) is 0 Å². The summed E-state index contributed by atoms with van der Waals surface area (Å²) in [6.07, 6.45) is 2.50. The maximum absolute atomic E-state index is 12.1. The van der Waals surface area contributed by atoms with E-state index in [1.54, 1.807) is 12.1 Å². The summed E-state index contributed by atoms with van der Waals surface area (Å²) in [7, 11) is 0. The molecule has 26 heavy (non-hydrogen) atoms. The number of amides is 2. The molecule has 2 aromatic rings. The van der Waals surface area contributed by atoms with Crippen molar-refractivity contribution in [3.8, 4) is 0 Å². The second kappa shape index (κ2) is 10.4. The van der Waals surface area contributed by atoms with Gasteiger partial charge in [-0.3, -0.25) is 9.59 Å². The highest BCUT2D eigenvalue weighted by atomic mass is 16.2. The summed E-state index contributed by atoms with van der Waals surface area (Å²) in [4.78, 5) is 24.1. The maximum Gasteiger partial charge on any atom is 0.251 e. The third-order valence-corrected chi connectivity index (χ3v) is 4.38. The van der Waals surface area contributed by atoms with E-state index in [9.17, 15) is 9.59 Å². The molecule has 0 aliphatic rings. The molecule has 138 valence electrons. The highest BCUT2D eigenvalue weighted by Crippen LogP contribution is 2.18. The molecule has 0 heterocycles. The zero-order chi connectivity index (χ0) is 18.8. The van der Waals surface area contributed by atoms with Crippen molar-refractivity contribution >= 4 is 11.8 Å². The topological polar surface area (TPSA) is 58.2 Å². The summed E-state index contributed by atoms with van der Waals surface area (Å²) >= 11 is 0. The van der Waals surface area contributed by atoms with Gasteiger partial charge in [0, 0.05) is 25.1 Å². The second-order valence-electron chi connectivity index (χ2n) is 6.60. The molecule has 0 saturated heterocycles. The quantitative estimate of drug-likeness (QED) is 0.670. The van der Waals surface area contributed by atoms with Crippen LogP contribution in [0, 0.1) is 0 Å². The molecule has 2 aromatic carbocycles.